The zero-order valence-corrected chi connectivity index (χ0v) is 17.1. The molecule has 1 amide bonds. The van der Waals surface area contributed by atoms with Gasteiger partial charge in [0.15, 0.2) is 6.61 Å². The van der Waals surface area contributed by atoms with Crippen LogP contribution < -0.4 is 5.32 Å². The maximum absolute atomic E-state index is 12.5. The van der Waals surface area contributed by atoms with Crippen LogP contribution in [-0.4, -0.2) is 33.2 Å². The molecule has 2 heterocycles. The molecule has 0 bridgehead atoms. The van der Waals surface area contributed by atoms with Gasteiger partial charge in [0.05, 0.1) is 16.3 Å². The number of thiophene rings is 1. The molecule has 1 N–H and O–H groups in total. The second kappa shape index (κ2) is 8.36. The molecule has 0 fully saturated rings. The number of fused-ring (bicyclic) bond motifs is 1. The summed E-state index contributed by atoms with van der Waals surface area (Å²) in [5.74, 6) is -1.33. The SMILES string of the molecule is Cc1nn(-c2ccccc2)c2sc(C(=O)OCC(=O)Nc3ccccc3[N+](=O)[O-])cc12. The molecule has 0 aliphatic rings. The molecule has 0 aliphatic heterocycles. The molecular formula is C21H16N4O5S. The van der Waals surface area contributed by atoms with Gasteiger partial charge in [-0.1, -0.05) is 30.3 Å². The zero-order chi connectivity index (χ0) is 22.0. The van der Waals surface area contributed by atoms with E-state index in [-0.39, 0.29) is 11.4 Å². The number of hydrogen-bond donors (Lipinski definition) is 1. The summed E-state index contributed by atoms with van der Waals surface area (Å²) in [4.78, 5) is 36.1. The Morgan fingerprint density at radius 3 is 2.61 bits per heavy atom. The lowest BCUT2D eigenvalue weighted by atomic mass is 10.2. The fraction of sp³-hybridized carbons (Fsp3) is 0.0952. The molecule has 0 spiro atoms. The van der Waals surface area contributed by atoms with Crippen molar-refractivity contribution in [2.24, 2.45) is 0 Å². The molecule has 10 heteroatoms. The van der Waals surface area contributed by atoms with Crippen LogP contribution in [0.2, 0.25) is 0 Å². The van der Waals surface area contributed by atoms with Crippen molar-refractivity contribution in [2.75, 3.05) is 11.9 Å². The molecule has 4 rings (SSSR count). The summed E-state index contributed by atoms with van der Waals surface area (Å²) >= 11 is 1.21. The summed E-state index contributed by atoms with van der Waals surface area (Å²) in [6.45, 7) is 1.28. The number of hydrogen-bond acceptors (Lipinski definition) is 7. The predicted octanol–water partition coefficient (Wildman–Crippen LogP) is 4.10. The molecule has 0 unspecified atom stereocenters. The molecule has 0 aliphatic carbocycles. The highest BCUT2D eigenvalue weighted by molar-refractivity contribution is 7.20. The van der Waals surface area contributed by atoms with Gasteiger partial charge >= 0.3 is 5.97 Å². The van der Waals surface area contributed by atoms with Crippen LogP contribution in [0.1, 0.15) is 15.4 Å². The Morgan fingerprint density at radius 1 is 1.16 bits per heavy atom. The number of nitro groups is 1. The largest absolute Gasteiger partial charge is 0.451 e. The monoisotopic (exact) mass is 436 g/mol. The number of carbonyl (C=O) groups excluding carboxylic acids is 2. The molecule has 0 radical (unpaired) electrons. The van der Waals surface area contributed by atoms with E-state index < -0.39 is 23.4 Å². The lowest BCUT2D eigenvalue weighted by Crippen LogP contribution is -2.21. The maximum Gasteiger partial charge on any atom is 0.348 e. The van der Waals surface area contributed by atoms with Crippen molar-refractivity contribution < 1.29 is 19.2 Å². The number of esters is 1. The third kappa shape index (κ3) is 4.14. The number of nitro benzene ring substituents is 1. The highest BCUT2D eigenvalue weighted by atomic mass is 32.1. The highest BCUT2D eigenvalue weighted by Crippen LogP contribution is 2.31. The van der Waals surface area contributed by atoms with Crippen molar-refractivity contribution >= 4 is 44.8 Å². The average molecular weight is 436 g/mol. The van der Waals surface area contributed by atoms with Crippen LogP contribution in [0.25, 0.3) is 15.9 Å². The number of carbonyl (C=O) groups is 2. The predicted molar refractivity (Wildman–Crippen MR) is 116 cm³/mol. The van der Waals surface area contributed by atoms with E-state index in [1.54, 1.807) is 16.8 Å². The van der Waals surface area contributed by atoms with E-state index in [1.165, 1.54) is 29.5 Å². The van der Waals surface area contributed by atoms with Crippen molar-refractivity contribution in [3.8, 4) is 5.69 Å². The van der Waals surface area contributed by atoms with E-state index in [9.17, 15) is 19.7 Å². The van der Waals surface area contributed by atoms with Crippen molar-refractivity contribution in [3.05, 3.63) is 81.3 Å². The molecule has 0 saturated carbocycles. The Hall–Kier alpha value is -4.05. The molecule has 0 saturated heterocycles. The van der Waals surface area contributed by atoms with Gasteiger partial charge in [0.1, 0.15) is 15.4 Å². The van der Waals surface area contributed by atoms with Crippen molar-refractivity contribution in [1.82, 2.24) is 9.78 Å². The minimum Gasteiger partial charge on any atom is -0.451 e. The molecular weight excluding hydrogens is 420 g/mol. The minimum atomic E-state index is -0.671. The molecule has 2 aromatic carbocycles. The molecule has 4 aromatic rings. The first-order chi connectivity index (χ1) is 14.9. The van der Waals surface area contributed by atoms with Gasteiger partial charge in [-0.3, -0.25) is 14.9 Å². The first-order valence-electron chi connectivity index (χ1n) is 9.19. The van der Waals surface area contributed by atoms with Crippen molar-refractivity contribution in [3.63, 3.8) is 0 Å². The third-order valence-corrected chi connectivity index (χ3v) is 5.55. The van der Waals surface area contributed by atoms with Crippen LogP contribution in [-0.2, 0) is 9.53 Å². The van der Waals surface area contributed by atoms with Gasteiger partial charge in [0.2, 0.25) is 0 Å². The van der Waals surface area contributed by atoms with Gasteiger partial charge in [-0.05, 0) is 31.2 Å². The fourth-order valence-corrected chi connectivity index (χ4v) is 4.10. The molecule has 2 aromatic heterocycles. The number of aromatic nitrogens is 2. The van der Waals surface area contributed by atoms with Gasteiger partial charge in [-0.2, -0.15) is 5.10 Å². The number of para-hydroxylation sites is 3. The summed E-state index contributed by atoms with van der Waals surface area (Å²) in [7, 11) is 0. The standard InChI is InChI=1S/C21H16N4O5S/c1-13-15-11-18(31-20(15)24(23-13)14-7-3-2-4-8-14)21(27)30-12-19(26)22-16-9-5-6-10-17(16)25(28)29/h2-11H,12H2,1H3,(H,22,26). The van der Waals surface area contributed by atoms with Crippen LogP contribution in [0.4, 0.5) is 11.4 Å². The highest BCUT2D eigenvalue weighted by Gasteiger charge is 2.20. The first kappa shape index (κ1) is 20.2. The van der Waals surface area contributed by atoms with E-state index in [1.807, 2.05) is 37.3 Å². The summed E-state index contributed by atoms with van der Waals surface area (Å²) < 4.78 is 6.86. The summed E-state index contributed by atoms with van der Waals surface area (Å²) in [5, 5.41) is 18.8. The van der Waals surface area contributed by atoms with E-state index in [0.717, 1.165) is 21.6 Å². The Morgan fingerprint density at radius 2 is 1.87 bits per heavy atom. The minimum absolute atomic E-state index is 0.0361. The smallest absolute Gasteiger partial charge is 0.348 e. The normalized spacial score (nSPS) is 10.7. The van der Waals surface area contributed by atoms with E-state index >= 15 is 0 Å². The second-order valence-corrected chi connectivity index (χ2v) is 7.59. The van der Waals surface area contributed by atoms with Crippen molar-refractivity contribution in [1.29, 1.82) is 0 Å². The first-order valence-corrected chi connectivity index (χ1v) is 10.0. The van der Waals surface area contributed by atoms with E-state index in [0.29, 0.717) is 4.88 Å². The molecule has 9 nitrogen and oxygen atoms in total. The fourth-order valence-electron chi connectivity index (χ4n) is 3.02. The number of benzene rings is 2. The Balaban J connectivity index is 1.47. The Bertz CT molecular complexity index is 1300. The quantitative estimate of drug-likeness (QED) is 0.276. The van der Waals surface area contributed by atoms with E-state index in [2.05, 4.69) is 10.4 Å². The Kier molecular flexibility index (Phi) is 5.46. The number of rotatable bonds is 6. The molecule has 0 atom stereocenters. The van der Waals surface area contributed by atoms with Crippen LogP contribution >= 0.6 is 11.3 Å². The molecule has 156 valence electrons. The number of aryl methyl sites for hydroxylation is 1. The summed E-state index contributed by atoms with van der Waals surface area (Å²) in [6.07, 6.45) is 0. The van der Waals surface area contributed by atoms with Gasteiger partial charge in [0, 0.05) is 11.5 Å². The zero-order valence-electron chi connectivity index (χ0n) is 16.3. The lowest BCUT2D eigenvalue weighted by molar-refractivity contribution is -0.383. The maximum atomic E-state index is 12.5. The number of nitrogens with zero attached hydrogens (tertiary/aromatic N) is 3. The number of amides is 1. The summed E-state index contributed by atoms with van der Waals surface area (Å²) in [6, 6.07) is 16.9. The van der Waals surface area contributed by atoms with Gasteiger partial charge < -0.3 is 10.1 Å². The van der Waals surface area contributed by atoms with Crippen LogP contribution in [0.5, 0.6) is 0 Å². The lowest BCUT2D eigenvalue weighted by Gasteiger charge is -2.06. The topological polar surface area (TPSA) is 116 Å². The van der Waals surface area contributed by atoms with Crippen LogP contribution in [0.3, 0.4) is 0 Å². The number of ether oxygens (including phenoxy) is 1. The summed E-state index contributed by atoms with van der Waals surface area (Å²) in [5.41, 5.74) is 1.43. The van der Waals surface area contributed by atoms with Gasteiger partial charge in [-0.15, -0.1) is 11.3 Å². The average Bonchev–Trinajstić information content (AvgIpc) is 3.33. The van der Waals surface area contributed by atoms with Gasteiger partial charge in [-0.25, -0.2) is 9.48 Å². The van der Waals surface area contributed by atoms with Gasteiger partial charge in [0.25, 0.3) is 11.6 Å². The van der Waals surface area contributed by atoms with Crippen LogP contribution in [0, 0.1) is 17.0 Å². The van der Waals surface area contributed by atoms with E-state index in [4.69, 9.17) is 4.74 Å². The third-order valence-electron chi connectivity index (χ3n) is 4.46. The number of anilines is 1. The number of nitrogens with one attached hydrogen (secondary N) is 1. The Labute approximate surface area is 180 Å². The molecule has 31 heavy (non-hydrogen) atoms. The van der Waals surface area contributed by atoms with Crippen LogP contribution in [0.15, 0.2) is 60.7 Å². The van der Waals surface area contributed by atoms with Crippen molar-refractivity contribution in [2.45, 2.75) is 6.92 Å². The second-order valence-electron chi connectivity index (χ2n) is 6.56.